The van der Waals surface area contributed by atoms with Gasteiger partial charge in [0.15, 0.2) is 5.96 Å². The van der Waals surface area contributed by atoms with Crippen molar-refractivity contribution in [1.82, 2.24) is 10.6 Å². The summed E-state index contributed by atoms with van der Waals surface area (Å²) in [7, 11) is 0. The fourth-order valence-corrected chi connectivity index (χ4v) is 1.72. The number of halogens is 1. The van der Waals surface area contributed by atoms with E-state index in [-0.39, 0.29) is 24.0 Å². The zero-order valence-electron chi connectivity index (χ0n) is 14.1. The van der Waals surface area contributed by atoms with Crippen molar-refractivity contribution in [2.45, 2.75) is 59.0 Å². The second-order valence-corrected chi connectivity index (χ2v) is 4.96. The van der Waals surface area contributed by atoms with Crippen molar-refractivity contribution >= 4 is 29.9 Å². The molecule has 128 valence electrons. The largest absolute Gasteiger partial charge is 0.388 e. The van der Waals surface area contributed by atoms with E-state index in [9.17, 15) is 5.11 Å². The number of rotatable bonds is 11. The highest BCUT2D eigenvalue weighted by atomic mass is 127. The van der Waals surface area contributed by atoms with E-state index in [1.54, 1.807) is 0 Å². The minimum Gasteiger partial charge on any atom is -0.388 e. The Morgan fingerprint density at radius 1 is 1.10 bits per heavy atom. The molecule has 0 atom stereocenters. The highest BCUT2D eigenvalue weighted by molar-refractivity contribution is 14.0. The maximum Gasteiger partial charge on any atom is 0.191 e. The Morgan fingerprint density at radius 3 is 2.29 bits per heavy atom. The van der Waals surface area contributed by atoms with Crippen molar-refractivity contribution in [3.63, 3.8) is 0 Å². The summed E-state index contributed by atoms with van der Waals surface area (Å²) < 4.78 is 5.30. The fourth-order valence-electron chi connectivity index (χ4n) is 1.72. The minimum atomic E-state index is -0.683. The van der Waals surface area contributed by atoms with E-state index in [0.29, 0.717) is 6.54 Å². The van der Waals surface area contributed by atoms with Gasteiger partial charge in [0.2, 0.25) is 0 Å². The van der Waals surface area contributed by atoms with Crippen LogP contribution in [0.1, 0.15) is 53.4 Å². The average Bonchev–Trinajstić information content (AvgIpc) is 2.47. The second kappa shape index (κ2) is 14.8. The van der Waals surface area contributed by atoms with Gasteiger partial charge in [-0.1, -0.05) is 13.8 Å². The van der Waals surface area contributed by atoms with Gasteiger partial charge in [0.1, 0.15) is 0 Å². The van der Waals surface area contributed by atoms with E-state index in [4.69, 9.17) is 4.74 Å². The molecule has 0 bridgehead atoms. The zero-order chi connectivity index (χ0) is 15.3. The summed E-state index contributed by atoms with van der Waals surface area (Å²) in [6.45, 7) is 11.8. The van der Waals surface area contributed by atoms with Gasteiger partial charge in [0.25, 0.3) is 0 Å². The lowest BCUT2D eigenvalue weighted by Crippen LogP contribution is -2.40. The molecule has 0 rings (SSSR count). The smallest absolute Gasteiger partial charge is 0.191 e. The molecule has 0 aromatic carbocycles. The molecular formula is C15H34IN3O2. The minimum absolute atomic E-state index is 0. The number of ether oxygens (including phenoxy) is 1. The predicted octanol–water partition coefficient (Wildman–Crippen LogP) is 2.53. The normalized spacial score (nSPS) is 12.0. The van der Waals surface area contributed by atoms with Crippen LogP contribution in [0.5, 0.6) is 0 Å². The standard InChI is InChI=1S/C15H33N3O2.HI/c1-5-15(19,6-2)13-18-14(16-7-3)17-11-9-10-12-20-8-4;/h19H,5-13H2,1-4H3,(H2,16,17,18);1H. The molecule has 3 N–H and O–H groups in total. The summed E-state index contributed by atoms with van der Waals surface area (Å²) in [5.74, 6) is 0.782. The van der Waals surface area contributed by atoms with Crippen LogP contribution < -0.4 is 10.6 Å². The lowest BCUT2D eigenvalue weighted by atomic mass is 9.98. The van der Waals surface area contributed by atoms with Crippen molar-refractivity contribution < 1.29 is 9.84 Å². The number of unbranched alkanes of at least 4 members (excludes halogenated alkanes) is 1. The molecule has 0 aromatic rings. The molecule has 0 saturated carbocycles. The van der Waals surface area contributed by atoms with Crippen LogP contribution in [0.2, 0.25) is 0 Å². The SMILES string of the molecule is CCNC(=NCC(O)(CC)CC)NCCCCOCC.I. The molecule has 0 amide bonds. The van der Waals surface area contributed by atoms with Gasteiger partial charge in [-0.3, -0.25) is 4.99 Å². The fraction of sp³-hybridized carbons (Fsp3) is 0.933. The number of aliphatic imine (C=N–C) groups is 1. The highest BCUT2D eigenvalue weighted by Crippen LogP contribution is 2.14. The van der Waals surface area contributed by atoms with E-state index < -0.39 is 5.60 Å². The van der Waals surface area contributed by atoms with E-state index in [1.807, 2.05) is 27.7 Å². The maximum atomic E-state index is 10.2. The number of guanidine groups is 1. The summed E-state index contributed by atoms with van der Waals surface area (Å²) in [4.78, 5) is 4.47. The molecule has 21 heavy (non-hydrogen) atoms. The Hall–Kier alpha value is -0.0800. The van der Waals surface area contributed by atoms with Crippen LogP contribution in [0.3, 0.4) is 0 Å². The molecule has 6 heteroatoms. The van der Waals surface area contributed by atoms with Crippen LogP contribution in [0.25, 0.3) is 0 Å². The van der Waals surface area contributed by atoms with Crippen LogP contribution in [-0.2, 0) is 4.74 Å². The van der Waals surface area contributed by atoms with E-state index in [2.05, 4.69) is 15.6 Å². The quantitative estimate of drug-likeness (QED) is 0.210. The molecule has 0 radical (unpaired) electrons. The molecule has 0 unspecified atom stereocenters. The number of hydrogen-bond donors (Lipinski definition) is 3. The summed E-state index contributed by atoms with van der Waals surface area (Å²) in [5.41, 5.74) is -0.683. The van der Waals surface area contributed by atoms with Crippen molar-refractivity contribution in [3.8, 4) is 0 Å². The van der Waals surface area contributed by atoms with Crippen LogP contribution >= 0.6 is 24.0 Å². The van der Waals surface area contributed by atoms with Gasteiger partial charge in [-0.15, -0.1) is 24.0 Å². The molecule has 0 aliphatic heterocycles. The first kappa shape index (κ1) is 23.2. The second-order valence-electron chi connectivity index (χ2n) is 4.96. The Morgan fingerprint density at radius 2 is 1.76 bits per heavy atom. The first-order valence-corrected chi connectivity index (χ1v) is 7.94. The van der Waals surface area contributed by atoms with Crippen molar-refractivity contribution in [1.29, 1.82) is 0 Å². The van der Waals surface area contributed by atoms with Gasteiger partial charge >= 0.3 is 0 Å². The van der Waals surface area contributed by atoms with Gasteiger partial charge in [0.05, 0.1) is 12.1 Å². The van der Waals surface area contributed by atoms with Crippen LogP contribution in [0.4, 0.5) is 0 Å². The summed E-state index contributed by atoms with van der Waals surface area (Å²) in [5, 5.41) is 16.7. The molecule has 0 spiro atoms. The summed E-state index contributed by atoms with van der Waals surface area (Å²) in [6.07, 6.45) is 3.55. The van der Waals surface area contributed by atoms with Gasteiger partial charge in [0, 0.05) is 26.3 Å². The molecule has 0 saturated heterocycles. The Bertz CT molecular complexity index is 259. The monoisotopic (exact) mass is 415 g/mol. The Balaban J connectivity index is 0. The molecule has 0 aromatic heterocycles. The van der Waals surface area contributed by atoms with Crippen molar-refractivity contribution in [2.24, 2.45) is 4.99 Å². The number of hydrogen-bond acceptors (Lipinski definition) is 3. The maximum absolute atomic E-state index is 10.2. The molecule has 5 nitrogen and oxygen atoms in total. The number of aliphatic hydroxyl groups is 1. The lowest BCUT2D eigenvalue weighted by Gasteiger charge is -2.23. The highest BCUT2D eigenvalue weighted by Gasteiger charge is 2.21. The first-order valence-electron chi connectivity index (χ1n) is 7.94. The molecule has 0 aliphatic carbocycles. The van der Waals surface area contributed by atoms with Gasteiger partial charge in [-0.25, -0.2) is 0 Å². The Labute approximate surface area is 147 Å². The number of nitrogens with zero attached hydrogens (tertiary/aromatic N) is 1. The molecule has 0 fully saturated rings. The van der Waals surface area contributed by atoms with E-state index in [1.165, 1.54) is 0 Å². The van der Waals surface area contributed by atoms with Crippen molar-refractivity contribution in [2.75, 3.05) is 32.8 Å². The molecule has 0 heterocycles. The topological polar surface area (TPSA) is 65.9 Å². The molecule has 0 aliphatic rings. The van der Waals surface area contributed by atoms with Gasteiger partial charge < -0.3 is 20.5 Å². The first-order chi connectivity index (χ1) is 9.61. The van der Waals surface area contributed by atoms with Crippen LogP contribution in [0.15, 0.2) is 4.99 Å². The Kier molecular flexibility index (Phi) is 16.4. The third-order valence-electron chi connectivity index (χ3n) is 3.40. The lowest BCUT2D eigenvalue weighted by molar-refractivity contribution is 0.0418. The average molecular weight is 415 g/mol. The van der Waals surface area contributed by atoms with Gasteiger partial charge in [-0.05, 0) is 39.5 Å². The predicted molar refractivity (Wildman–Crippen MR) is 101 cm³/mol. The van der Waals surface area contributed by atoms with Crippen molar-refractivity contribution in [3.05, 3.63) is 0 Å². The third-order valence-corrected chi connectivity index (χ3v) is 3.40. The third kappa shape index (κ3) is 12.2. The summed E-state index contributed by atoms with van der Waals surface area (Å²) in [6, 6.07) is 0. The number of nitrogens with one attached hydrogen (secondary N) is 2. The van der Waals surface area contributed by atoms with E-state index >= 15 is 0 Å². The zero-order valence-corrected chi connectivity index (χ0v) is 16.4. The molecular weight excluding hydrogens is 381 g/mol. The van der Waals surface area contributed by atoms with Crippen LogP contribution in [-0.4, -0.2) is 49.5 Å². The summed E-state index contributed by atoms with van der Waals surface area (Å²) >= 11 is 0. The van der Waals surface area contributed by atoms with E-state index in [0.717, 1.165) is 57.9 Å². The van der Waals surface area contributed by atoms with Gasteiger partial charge in [-0.2, -0.15) is 0 Å². The van der Waals surface area contributed by atoms with Crippen LogP contribution in [0, 0.1) is 0 Å².